The Morgan fingerprint density at radius 1 is 1.50 bits per heavy atom. The van der Waals surface area contributed by atoms with Gasteiger partial charge < -0.3 is 4.90 Å². The van der Waals surface area contributed by atoms with Crippen LogP contribution in [0, 0.1) is 5.92 Å². The zero-order valence-corrected chi connectivity index (χ0v) is 10.7. The van der Waals surface area contributed by atoms with E-state index in [4.69, 9.17) is 11.6 Å². The average molecular weight is 220 g/mol. The van der Waals surface area contributed by atoms with Crippen LogP contribution in [0.5, 0.6) is 0 Å². The molecule has 14 heavy (non-hydrogen) atoms. The Hall–Kier alpha value is -0.240. The van der Waals surface area contributed by atoms with Gasteiger partial charge in [-0.3, -0.25) is 4.79 Å². The molecule has 0 spiro atoms. The molecule has 0 N–H and O–H groups in total. The highest BCUT2D eigenvalue weighted by atomic mass is 35.5. The molecule has 2 nitrogen and oxygen atoms in total. The van der Waals surface area contributed by atoms with Gasteiger partial charge in [-0.05, 0) is 19.8 Å². The SMILES string of the molecule is CCC(C)CC(=O)N(C)C(C)(C)CCl. The largest absolute Gasteiger partial charge is 0.339 e. The second kappa shape index (κ2) is 5.59. The molecule has 0 aliphatic carbocycles. The Morgan fingerprint density at radius 2 is 2.00 bits per heavy atom. The van der Waals surface area contributed by atoms with Gasteiger partial charge in [0.15, 0.2) is 0 Å². The molecule has 84 valence electrons. The fourth-order valence-electron chi connectivity index (χ4n) is 1.01. The summed E-state index contributed by atoms with van der Waals surface area (Å²) < 4.78 is 0. The summed E-state index contributed by atoms with van der Waals surface area (Å²) in [7, 11) is 1.83. The molecule has 0 aromatic heterocycles. The van der Waals surface area contributed by atoms with Crippen LogP contribution < -0.4 is 0 Å². The molecule has 0 fully saturated rings. The molecule has 0 aromatic carbocycles. The number of alkyl halides is 1. The van der Waals surface area contributed by atoms with Crippen LogP contribution in [0.25, 0.3) is 0 Å². The van der Waals surface area contributed by atoms with E-state index in [2.05, 4.69) is 13.8 Å². The third kappa shape index (κ3) is 3.87. The standard InChI is InChI=1S/C11H22ClNO/c1-6-9(2)7-10(14)13(5)11(3,4)8-12/h9H,6-8H2,1-5H3. The van der Waals surface area contributed by atoms with E-state index in [1.54, 1.807) is 4.90 Å². The van der Waals surface area contributed by atoms with Gasteiger partial charge in [0.1, 0.15) is 0 Å². The summed E-state index contributed by atoms with van der Waals surface area (Å²) in [6.45, 7) is 8.16. The van der Waals surface area contributed by atoms with Crippen LogP contribution in [0.2, 0.25) is 0 Å². The first-order chi connectivity index (χ1) is 6.35. The van der Waals surface area contributed by atoms with Crippen LogP contribution in [0.15, 0.2) is 0 Å². The number of amides is 1. The van der Waals surface area contributed by atoms with Crippen LogP contribution in [0.1, 0.15) is 40.5 Å². The molecule has 1 atom stereocenters. The number of rotatable bonds is 5. The van der Waals surface area contributed by atoms with Crippen LogP contribution >= 0.6 is 11.6 Å². The van der Waals surface area contributed by atoms with Gasteiger partial charge in [-0.25, -0.2) is 0 Å². The summed E-state index contributed by atoms with van der Waals surface area (Å²) in [5.41, 5.74) is -0.244. The lowest BCUT2D eigenvalue weighted by atomic mass is 10.0. The van der Waals surface area contributed by atoms with Crippen molar-refractivity contribution in [3.63, 3.8) is 0 Å². The number of carbonyl (C=O) groups excluding carboxylic acids is 1. The molecule has 0 heterocycles. The molecule has 0 rings (SSSR count). The van der Waals surface area contributed by atoms with Crippen molar-refractivity contribution in [2.75, 3.05) is 12.9 Å². The maximum absolute atomic E-state index is 11.8. The molecule has 0 aliphatic rings. The minimum atomic E-state index is -0.244. The summed E-state index contributed by atoms with van der Waals surface area (Å²) in [5, 5.41) is 0. The minimum absolute atomic E-state index is 0.185. The predicted octanol–water partition coefficient (Wildman–Crippen LogP) is 2.90. The van der Waals surface area contributed by atoms with E-state index in [-0.39, 0.29) is 11.4 Å². The second-order valence-electron chi connectivity index (χ2n) is 4.62. The zero-order valence-electron chi connectivity index (χ0n) is 9.93. The van der Waals surface area contributed by atoms with Crippen molar-refractivity contribution >= 4 is 17.5 Å². The van der Waals surface area contributed by atoms with Gasteiger partial charge in [0.2, 0.25) is 5.91 Å². The van der Waals surface area contributed by atoms with Crippen molar-refractivity contribution in [2.45, 2.75) is 46.1 Å². The molecular formula is C11H22ClNO. The number of hydrogen-bond donors (Lipinski definition) is 0. The van der Waals surface area contributed by atoms with Crippen molar-refractivity contribution < 1.29 is 4.79 Å². The van der Waals surface area contributed by atoms with E-state index in [0.29, 0.717) is 18.2 Å². The molecule has 0 aliphatic heterocycles. The van der Waals surface area contributed by atoms with Crippen LogP contribution in [0.4, 0.5) is 0 Å². The maximum atomic E-state index is 11.8. The van der Waals surface area contributed by atoms with Crippen molar-refractivity contribution in [1.82, 2.24) is 4.90 Å². The van der Waals surface area contributed by atoms with Crippen molar-refractivity contribution in [3.05, 3.63) is 0 Å². The smallest absolute Gasteiger partial charge is 0.223 e. The van der Waals surface area contributed by atoms with E-state index in [1.165, 1.54) is 0 Å². The third-order valence-electron chi connectivity index (χ3n) is 2.83. The Morgan fingerprint density at radius 3 is 2.36 bits per heavy atom. The second-order valence-corrected chi connectivity index (χ2v) is 4.88. The Kier molecular flexibility index (Phi) is 5.50. The number of carbonyl (C=O) groups is 1. The first-order valence-electron chi connectivity index (χ1n) is 5.17. The van der Waals surface area contributed by atoms with Crippen molar-refractivity contribution in [1.29, 1.82) is 0 Å². The minimum Gasteiger partial charge on any atom is -0.339 e. The molecular weight excluding hydrogens is 198 g/mol. The lowest BCUT2D eigenvalue weighted by Crippen LogP contribution is -2.46. The van der Waals surface area contributed by atoms with Gasteiger partial charge in [0.25, 0.3) is 0 Å². The van der Waals surface area contributed by atoms with Gasteiger partial charge in [-0.2, -0.15) is 0 Å². The topological polar surface area (TPSA) is 20.3 Å². The molecule has 3 heteroatoms. The van der Waals surface area contributed by atoms with Crippen LogP contribution in [-0.2, 0) is 4.79 Å². The summed E-state index contributed by atoms with van der Waals surface area (Å²) in [5.74, 6) is 1.11. The third-order valence-corrected chi connectivity index (χ3v) is 3.48. The Bertz CT molecular complexity index is 192. The van der Waals surface area contributed by atoms with Crippen molar-refractivity contribution in [3.8, 4) is 0 Å². The highest BCUT2D eigenvalue weighted by Crippen LogP contribution is 2.17. The molecule has 0 saturated heterocycles. The predicted molar refractivity (Wildman–Crippen MR) is 61.6 cm³/mol. The number of nitrogens with zero attached hydrogens (tertiary/aromatic N) is 1. The first-order valence-corrected chi connectivity index (χ1v) is 5.71. The quantitative estimate of drug-likeness (QED) is 0.652. The summed E-state index contributed by atoms with van der Waals surface area (Å²) >= 11 is 5.81. The van der Waals surface area contributed by atoms with Crippen molar-refractivity contribution in [2.24, 2.45) is 5.92 Å². The summed E-state index contributed by atoms with van der Waals surface area (Å²) in [4.78, 5) is 13.5. The van der Waals surface area contributed by atoms with Gasteiger partial charge in [0, 0.05) is 19.3 Å². The average Bonchev–Trinajstić information content (AvgIpc) is 2.16. The summed E-state index contributed by atoms with van der Waals surface area (Å²) in [6, 6.07) is 0. The van der Waals surface area contributed by atoms with Crippen LogP contribution in [0.3, 0.4) is 0 Å². The van der Waals surface area contributed by atoms with Crippen LogP contribution in [-0.4, -0.2) is 29.3 Å². The normalized spacial score (nSPS) is 13.9. The molecule has 1 amide bonds. The lowest BCUT2D eigenvalue weighted by molar-refractivity contribution is -0.134. The van der Waals surface area contributed by atoms with Gasteiger partial charge in [-0.15, -0.1) is 11.6 Å². The molecule has 0 radical (unpaired) electrons. The Balaban J connectivity index is 4.25. The summed E-state index contributed by atoms with van der Waals surface area (Å²) in [6.07, 6.45) is 1.66. The number of hydrogen-bond acceptors (Lipinski definition) is 1. The Labute approximate surface area is 92.6 Å². The monoisotopic (exact) mass is 219 g/mol. The van der Waals surface area contributed by atoms with E-state index in [0.717, 1.165) is 6.42 Å². The lowest BCUT2D eigenvalue weighted by Gasteiger charge is -2.34. The van der Waals surface area contributed by atoms with E-state index < -0.39 is 0 Å². The molecule has 1 unspecified atom stereocenters. The molecule has 0 aromatic rings. The maximum Gasteiger partial charge on any atom is 0.223 e. The van der Waals surface area contributed by atoms with Gasteiger partial charge in [0.05, 0.1) is 5.54 Å². The molecule has 0 saturated carbocycles. The van der Waals surface area contributed by atoms with Gasteiger partial charge >= 0.3 is 0 Å². The number of halogens is 1. The van der Waals surface area contributed by atoms with E-state index in [1.807, 2.05) is 20.9 Å². The zero-order chi connectivity index (χ0) is 11.4. The first kappa shape index (κ1) is 13.8. The highest BCUT2D eigenvalue weighted by molar-refractivity contribution is 6.18. The molecule has 0 bridgehead atoms. The van der Waals surface area contributed by atoms with Gasteiger partial charge in [-0.1, -0.05) is 20.3 Å². The van der Waals surface area contributed by atoms with E-state index in [9.17, 15) is 4.79 Å². The fourth-order valence-corrected chi connectivity index (χ4v) is 1.19. The fraction of sp³-hybridized carbons (Fsp3) is 0.909. The van der Waals surface area contributed by atoms with E-state index >= 15 is 0 Å². The highest BCUT2D eigenvalue weighted by Gasteiger charge is 2.26.